The van der Waals surface area contributed by atoms with E-state index in [9.17, 15) is 26.4 Å². The first-order valence-electron chi connectivity index (χ1n) is 9.13. The highest BCUT2D eigenvalue weighted by atomic mass is 32.2. The van der Waals surface area contributed by atoms with Crippen LogP contribution in [0, 0.1) is 13.8 Å². The molecule has 1 N–H and O–H groups in total. The van der Waals surface area contributed by atoms with Crippen LogP contribution < -0.4 is 4.74 Å². The van der Waals surface area contributed by atoms with E-state index in [2.05, 4.69) is 9.72 Å². The summed E-state index contributed by atoms with van der Waals surface area (Å²) in [7, 11) is -3.73. The average Bonchev–Trinajstić information content (AvgIpc) is 2.93. The molecule has 160 valence electrons. The largest absolute Gasteiger partial charge is 0.573 e. The van der Waals surface area contributed by atoms with Crippen LogP contribution in [-0.2, 0) is 10.0 Å². The van der Waals surface area contributed by atoms with E-state index in [1.54, 1.807) is 24.1 Å². The molecule has 2 unspecified atom stereocenters. The number of benzene rings is 1. The number of rotatable bonds is 3. The Kier molecular flexibility index (Phi) is 4.77. The zero-order chi connectivity index (χ0) is 21.8. The number of alkyl halides is 3. The van der Waals surface area contributed by atoms with Crippen LogP contribution in [0.3, 0.4) is 0 Å². The van der Waals surface area contributed by atoms with Crippen molar-refractivity contribution >= 4 is 15.9 Å². The predicted molar refractivity (Wildman–Crippen MR) is 101 cm³/mol. The molecule has 0 bridgehead atoms. The standard InChI is InChI=1S/C19H18F3N3O4S/c1-11-9-13(29-19(20,21)22)3-4-16(11)30(27,28)24-7-8-25-15(10-24)14-5-6-23-12(2)17(14)18(25)26/h3-6,9,15H,7-8,10H2,1-2H3/p+1. The lowest BCUT2D eigenvalue weighted by molar-refractivity contribution is -0.274. The molecule has 0 saturated carbocycles. The molecular formula is C19H19F3N3O4S+. The van der Waals surface area contributed by atoms with Gasteiger partial charge in [-0.2, -0.15) is 8.51 Å². The van der Waals surface area contributed by atoms with Crippen molar-refractivity contribution in [1.82, 2.24) is 14.2 Å². The van der Waals surface area contributed by atoms with Crippen molar-refractivity contribution in [2.75, 3.05) is 19.6 Å². The second kappa shape index (κ2) is 6.95. The lowest BCUT2D eigenvalue weighted by Crippen LogP contribution is -2.49. The van der Waals surface area contributed by atoms with Crippen molar-refractivity contribution in [1.29, 1.82) is 0 Å². The monoisotopic (exact) mass is 442 g/mol. The smallest absolute Gasteiger partial charge is 0.406 e. The van der Waals surface area contributed by atoms with Crippen LogP contribution in [0.5, 0.6) is 5.75 Å². The van der Waals surface area contributed by atoms with Crippen molar-refractivity contribution < 1.29 is 31.1 Å². The number of halogens is 3. The molecule has 2 aliphatic heterocycles. The molecule has 4 rings (SSSR count). The third kappa shape index (κ3) is 3.41. The molecule has 1 aromatic heterocycles. The minimum absolute atomic E-state index is 0.0148. The SMILES string of the molecule is Cc1cc(OC(F)(F)F)ccc1S(=O)(=[OH+])N1CCN2C(=O)c3c(ccnc3C)C2C1. The summed E-state index contributed by atoms with van der Waals surface area (Å²) in [5.41, 5.74) is 2.10. The predicted octanol–water partition coefficient (Wildman–Crippen LogP) is 2.96. The van der Waals surface area contributed by atoms with Crippen LogP contribution in [-0.4, -0.2) is 54.5 Å². The number of amides is 1. The fraction of sp³-hybridized carbons (Fsp3) is 0.368. The van der Waals surface area contributed by atoms with Crippen molar-refractivity contribution in [2.24, 2.45) is 0 Å². The Labute approximate surface area is 171 Å². The van der Waals surface area contributed by atoms with E-state index in [1.165, 1.54) is 17.3 Å². The van der Waals surface area contributed by atoms with Crippen LogP contribution in [0.4, 0.5) is 13.2 Å². The average molecular weight is 442 g/mol. The number of nitrogens with zero attached hydrogens (tertiary/aromatic N) is 3. The van der Waals surface area contributed by atoms with Gasteiger partial charge in [0.2, 0.25) is 0 Å². The molecule has 0 aliphatic carbocycles. The molecule has 1 amide bonds. The van der Waals surface area contributed by atoms with E-state index in [0.717, 1.165) is 17.7 Å². The highest BCUT2D eigenvalue weighted by Crippen LogP contribution is 2.38. The van der Waals surface area contributed by atoms with Gasteiger partial charge in [0.15, 0.2) is 0 Å². The van der Waals surface area contributed by atoms with Crippen molar-refractivity contribution in [3.05, 3.63) is 52.8 Å². The molecule has 2 atom stereocenters. The zero-order valence-corrected chi connectivity index (χ0v) is 17.0. The lowest BCUT2D eigenvalue weighted by Gasteiger charge is -2.35. The Hall–Kier alpha value is -2.66. The summed E-state index contributed by atoms with van der Waals surface area (Å²) in [6.07, 6.45) is -3.25. The summed E-state index contributed by atoms with van der Waals surface area (Å²) in [5, 5.41) is 0. The number of hydrogen-bond donors (Lipinski definition) is 0. The lowest BCUT2D eigenvalue weighted by atomic mass is 10.0. The number of pyridine rings is 1. The third-order valence-electron chi connectivity index (χ3n) is 5.37. The maximum Gasteiger partial charge on any atom is 0.573 e. The fourth-order valence-electron chi connectivity index (χ4n) is 4.03. The summed E-state index contributed by atoms with van der Waals surface area (Å²) >= 11 is 0. The molecule has 0 spiro atoms. The van der Waals surface area contributed by atoms with E-state index >= 15 is 0 Å². The van der Waals surface area contributed by atoms with Crippen LogP contribution in [0.2, 0.25) is 0 Å². The van der Waals surface area contributed by atoms with E-state index < -0.39 is 22.1 Å². The van der Waals surface area contributed by atoms with Gasteiger partial charge < -0.3 is 9.64 Å². The molecule has 0 radical (unpaired) electrons. The van der Waals surface area contributed by atoms with Gasteiger partial charge in [0, 0.05) is 25.8 Å². The summed E-state index contributed by atoms with van der Waals surface area (Å²) in [4.78, 5) is 18.6. The number of aromatic nitrogens is 1. The first kappa shape index (κ1) is 20.6. The van der Waals surface area contributed by atoms with Crippen LogP contribution in [0.1, 0.15) is 33.2 Å². The topological polar surface area (TPSA) is 84.1 Å². The summed E-state index contributed by atoms with van der Waals surface area (Å²) < 4.78 is 66.7. The van der Waals surface area contributed by atoms with Gasteiger partial charge in [-0.25, -0.2) is 4.21 Å². The molecule has 11 heteroatoms. The first-order valence-corrected chi connectivity index (χ1v) is 10.6. The Balaban J connectivity index is 1.63. The van der Waals surface area contributed by atoms with Crippen LogP contribution in [0.25, 0.3) is 0 Å². The molecular weight excluding hydrogens is 423 g/mol. The second-order valence-corrected chi connectivity index (χ2v) is 9.18. The summed E-state index contributed by atoms with van der Waals surface area (Å²) in [5.74, 6) is -0.600. The number of ether oxygens (including phenoxy) is 1. The molecule has 3 heterocycles. The summed E-state index contributed by atoms with van der Waals surface area (Å²) in [6, 6.07) is 4.63. The maximum absolute atomic E-state index is 13.3. The zero-order valence-electron chi connectivity index (χ0n) is 16.1. The van der Waals surface area contributed by atoms with Gasteiger partial charge in [0.1, 0.15) is 10.6 Å². The van der Waals surface area contributed by atoms with Gasteiger partial charge in [-0.15, -0.1) is 13.2 Å². The number of piperazine rings is 1. The van der Waals surface area contributed by atoms with Gasteiger partial charge in [0.05, 0.1) is 17.3 Å². The normalized spacial score (nSPS) is 21.2. The number of carbonyl (C=O) groups excluding carboxylic acids is 1. The Morgan fingerprint density at radius 3 is 2.63 bits per heavy atom. The first-order chi connectivity index (χ1) is 14.0. The molecule has 1 aromatic carbocycles. The molecule has 2 aromatic rings. The second-order valence-electron chi connectivity index (χ2n) is 7.23. The fourth-order valence-corrected chi connectivity index (χ4v) is 5.71. The highest BCUT2D eigenvalue weighted by molar-refractivity contribution is 7.89. The van der Waals surface area contributed by atoms with Crippen LogP contribution >= 0.6 is 0 Å². The molecule has 7 nitrogen and oxygen atoms in total. The van der Waals surface area contributed by atoms with Gasteiger partial charge in [-0.3, -0.25) is 9.78 Å². The van der Waals surface area contributed by atoms with E-state index in [0.29, 0.717) is 11.3 Å². The summed E-state index contributed by atoms with van der Waals surface area (Å²) in [6.45, 7) is 3.73. The van der Waals surface area contributed by atoms with E-state index in [1.807, 2.05) is 0 Å². The van der Waals surface area contributed by atoms with Gasteiger partial charge >= 0.3 is 16.4 Å². The van der Waals surface area contributed by atoms with Gasteiger partial charge in [-0.05, 0) is 49.2 Å². The Bertz CT molecular complexity index is 1130. The molecule has 30 heavy (non-hydrogen) atoms. The quantitative estimate of drug-likeness (QED) is 0.685. The maximum atomic E-state index is 13.3. The number of fused-ring (bicyclic) bond motifs is 3. The minimum atomic E-state index is -4.85. The highest BCUT2D eigenvalue weighted by Gasteiger charge is 2.46. The number of aryl methyl sites for hydroxylation is 2. The number of carbonyl (C=O) groups is 1. The van der Waals surface area contributed by atoms with Crippen LogP contribution in [0.15, 0.2) is 35.4 Å². The van der Waals surface area contributed by atoms with Gasteiger partial charge in [-0.1, -0.05) is 0 Å². The molecule has 1 saturated heterocycles. The van der Waals surface area contributed by atoms with Crippen molar-refractivity contribution in [3.63, 3.8) is 0 Å². The minimum Gasteiger partial charge on any atom is -0.406 e. The molecule has 1 fully saturated rings. The van der Waals surface area contributed by atoms with Gasteiger partial charge in [0.25, 0.3) is 5.91 Å². The molecule has 2 aliphatic rings. The van der Waals surface area contributed by atoms with Crippen molar-refractivity contribution in [2.45, 2.75) is 31.1 Å². The number of hydrogen-bond acceptors (Lipinski definition) is 4. The Morgan fingerprint density at radius 2 is 1.97 bits per heavy atom. The third-order valence-corrected chi connectivity index (χ3v) is 7.43. The van der Waals surface area contributed by atoms with E-state index in [-0.39, 0.29) is 42.0 Å². The Morgan fingerprint density at radius 1 is 1.23 bits per heavy atom. The van der Waals surface area contributed by atoms with E-state index in [4.69, 9.17) is 0 Å². The van der Waals surface area contributed by atoms with Crippen molar-refractivity contribution in [3.8, 4) is 5.75 Å².